The van der Waals surface area contributed by atoms with Crippen molar-refractivity contribution < 1.29 is 14.7 Å². The molecule has 0 saturated carbocycles. The van der Waals surface area contributed by atoms with Gasteiger partial charge in [-0.1, -0.05) is 30.3 Å². The number of hydrogen-bond donors (Lipinski definition) is 2. The molecule has 0 bridgehead atoms. The van der Waals surface area contributed by atoms with Crippen LogP contribution in [-0.2, 0) is 9.59 Å². The Kier molecular flexibility index (Phi) is 6.02. The molecule has 1 aromatic carbocycles. The zero-order chi connectivity index (χ0) is 14.3. The summed E-state index contributed by atoms with van der Waals surface area (Å²) in [7, 11) is 0. The third kappa shape index (κ3) is 5.09. The number of nitrogens with two attached hydrogens (primary N) is 1. The van der Waals surface area contributed by atoms with Gasteiger partial charge in [0.15, 0.2) is 0 Å². The van der Waals surface area contributed by atoms with Crippen molar-refractivity contribution in [1.82, 2.24) is 4.90 Å². The SMILES string of the molecule is CCN(CCC(=O)O)C(=O)CC(N)c1ccccc1. The maximum atomic E-state index is 12.0. The number of hydrogen-bond acceptors (Lipinski definition) is 3. The lowest BCUT2D eigenvalue weighted by Gasteiger charge is -2.22. The van der Waals surface area contributed by atoms with Gasteiger partial charge in [-0.05, 0) is 12.5 Å². The average Bonchev–Trinajstić information content (AvgIpc) is 2.40. The van der Waals surface area contributed by atoms with Crippen LogP contribution in [0.2, 0.25) is 0 Å². The standard InChI is InChI=1S/C14H20N2O3/c1-2-16(9-8-14(18)19)13(17)10-12(15)11-6-4-3-5-7-11/h3-7,12H,2,8-10,15H2,1H3,(H,18,19). The van der Waals surface area contributed by atoms with Gasteiger partial charge in [-0.25, -0.2) is 0 Å². The molecule has 1 unspecified atom stereocenters. The monoisotopic (exact) mass is 264 g/mol. The Morgan fingerprint density at radius 3 is 2.47 bits per heavy atom. The van der Waals surface area contributed by atoms with E-state index < -0.39 is 5.97 Å². The Balaban J connectivity index is 2.54. The lowest BCUT2D eigenvalue weighted by atomic mass is 10.0. The molecule has 0 aliphatic carbocycles. The first kappa shape index (κ1) is 15.2. The van der Waals surface area contributed by atoms with Gasteiger partial charge in [-0.3, -0.25) is 9.59 Å². The van der Waals surface area contributed by atoms with E-state index in [1.165, 1.54) is 4.90 Å². The molecule has 0 aromatic heterocycles. The smallest absolute Gasteiger partial charge is 0.305 e. The second-order valence-corrected chi connectivity index (χ2v) is 4.34. The number of carboxylic acids is 1. The van der Waals surface area contributed by atoms with Gasteiger partial charge in [-0.2, -0.15) is 0 Å². The molecule has 0 aliphatic rings. The van der Waals surface area contributed by atoms with E-state index in [1.807, 2.05) is 37.3 Å². The van der Waals surface area contributed by atoms with Crippen LogP contribution in [0.3, 0.4) is 0 Å². The van der Waals surface area contributed by atoms with Gasteiger partial charge in [0.05, 0.1) is 6.42 Å². The van der Waals surface area contributed by atoms with Crippen molar-refractivity contribution >= 4 is 11.9 Å². The first-order chi connectivity index (χ1) is 9.04. The predicted octanol–water partition coefficient (Wildman–Crippen LogP) is 1.40. The fraction of sp³-hybridized carbons (Fsp3) is 0.429. The van der Waals surface area contributed by atoms with Crippen molar-refractivity contribution in [3.63, 3.8) is 0 Å². The zero-order valence-electron chi connectivity index (χ0n) is 11.1. The first-order valence-corrected chi connectivity index (χ1v) is 6.34. The molecule has 19 heavy (non-hydrogen) atoms. The lowest BCUT2D eigenvalue weighted by molar-refractivity contribution is -0.138. The normalized spacial score (nSPS) is 11.9. The largest absolute Gasteiger partial charge is 0.481 e. The van der Waals surface area contributed by atoms with Gasteiger partial charge >= 0.3 is 5.97 Å². The number of nitrogens with zero attached hydrogens (tertiary/aromatic N) is 1. The second-order valence-electron chi connectivity index (χ2n) is 4.34. The van der Waals surface area contributed by atoms with Crippen LogP contribution in [0.5, 0.6) is 0 Å². The van der Waals surface area contributed by atoms with E-state index in [0.717, 1.165) is 5.56 Å². The summed E-state index contributed by atoms with van der Waals surface area (Å²) in [5.41, 5.74) is 6.89. The van der Waals surface area contributed by atoms with Crippen molar-refractivity contribution in [1.29, 1.82) is 0 Å². The molecule has 0 aliphatic heterocycles. The Morgan fingerprint density at radius 2 is 1.95 bits per heavy atom. The number of rotatable bonds is 7. The molecular weight excluding hydrogens is 244 g/mol. The summed E-state index contributed by atoms with van der Waals surface area (Å²) in [4.78, 5) is 24.1. The molecule has 1 rings (SSSR count). The third-order valence-corrected chi connectivity index (χ3v) is 2.95. The van der Waals surface area contributed by atoms with Crippen molar-refractivity contribution in [2.75, 3.05) is 13.1 Å². The summed E-state index contributed by atoms with van der Waals surface area (Å²) >= 11 is 0. The maximum Gasteiger partial charge on any atom is 0.305 e. The molecule has 104 valence electrons. The number of amides is 1. The molecule has 5 heteroatoms. The van der Waals surface area contributed by atoms with Crippen LogP contribution in [0.15, 0.2) is 30.3 Å². The number of carboxylic acid groups (broad SMARTS) is 1. The van der Waals surface area contributed by atoms with Gasteiger partial charge < -0.3 is 15.7 Å². The number of aliphatic carboxylic acids is 1. The molecule has 1 aromatic rings. The molecule has 0 heterocycles. The van der Waals surface area contributed by atoms with Crippen LogP contribution in [0, 0.1) is 0 Å². The molecular formula is C14H20N2O3. The molecule has 0 radical (unpaired) electrons. The molecule has 5 nitrogen and oxygen atoms in total. The molecule has 1 amide bonds. The Morgan fingerprint density at radius 1 is 1.32 bits per heavy atom. The summed E-state index contributed by atoms with van der Waals surface area (Å²) in [5, 5.41) is 8.64. The quantitative estimate of drug-likeness (QED) is 0.779. The topological polar surface area (TPSA) is 83.6 Å². The first-order valence-electron chi connectivity index (χ1n) is 6.34. The van der Waals surface area contributed by atoms with E-state index >= 15 is 0 Å². The minimum atomic E-state index is -0.904. The highest BCUT2D eigenvalue weighted by Gasteiger charge is 2.17. The van der Waals surface area contributed by atoms with E-state index in [4.69, 9.17) is 10.8 Å². The highest BCUT2D eigenvalue weighted by molar-refractivity contribution is 5.77. The minimum absolute atomic E-state index is 0.0415. The van der Waals surface area contributed by atoms with Crippen LogP contribution in [0.4, 0.5) is 0 Å². The van der Waals surface area contributed by atoms with E-state index in [0.29, 0.717) is 6.54 Å². The average molecular weight is 264 g/mol. The summed E-state index contributed by atoms with van der Waals surface area (Å²) < 4.78 is 0. The van der Waals surface area contributed by atoms with Gasteiger partial charge in [0.2, 0.25) is 5.91 Å². The van der Waals surface area contributed by atoms with E-state index in [-0.39, 0.29) is 31.3 Å². The highest BCUT2D eigenvalue weighted by atomic mass is 16.4. The molecule has 0 fully saturated rings. The summed E-state index contributed by atoms with van der Waals surface area (Å²) in [5.74, 6) is -1.02. The molecule has 0 saturated heterocycles. The fourth-order valence-corrected chi connectivity index (χ4v) is 1.83. The van der Waals surface area contributed by atoms with Crippen LogP contribution >= 0.6 is 0 Å². The Bertz CT molecular complexity index is 420. The molecule has 1 atom stereocenters. The molecule has 0 spiro atoms. The maximum absolute atomic E-state index is 12.0. The summed E-state index contributed by atoms with van der Waals surface area (Å²) in [6.07, 6.45) is 0.150. The van der Waals surface area contributed by atoms with E-state index in [2.05, 4.69) is 0 Å². The predicted molar refractivity (Wildman–Crippen MR) is 72.5 cm³/mol. The Hall–Kier alpha value is -1.88. The van der Waals surface area contributed by atoms with Crippen molar-refractivity contribution in [2.24, 2.45) is 5.73 Å². The zero-order valence-corrected chi connectivity index (χ0v) is 11.1. The number of benzene rings is 1. The third-order valence-electron chi connectivity index (χ3n) is 2.95. The van der Waals surface area contributed by atoms with Crippen molar-refractivity contribution in [2.45, 2.75) is 25.8 Å². The lowest BCUT2D eigenvalue weighted by Crippen LogP contribution is -2.34. The van der Waals surface area contributed by atoms with Crippen LogP contribution in [-0.4, -0.2) is 35.0 Å². The number of carbonyl (C=O) groups excluding carboxylic acids is 1. The van der Waals surface area contributed by atoms with E-state index in [9.17, 15) is 9.59 Å². The highest BCUT2D eigenvalue weighted by Crippen LogP contribution is 2.14. The fourth-order valence-electron chi connectivity index (χ4n) is 1.83. The van der Waals surface area contributed by atoms with Gasteiger partial charge in [-0.15, -0.1) is 0 Å². The minimum Gasteiger partial charge on any atom is -0.481 e. The summed E-state index contributed by atoms with van der Waals surface area (Å²) in [6.45, 7) is 2.55. The van der Waals surface area contributed by atoms with Crippen LogP contribution in [0.25, 0.3) is 0 Å². The number of carbonyl (C=O) groups is 2. The van der Waals surface area contributed by atoms with Crippen molar-refractivity contribution in [3.05, 3.63) is 35.9 Å². The van der Waals surface area contributed by atoms with Crippen molar-refractivity contribution in [3.8, 4) is 0 Å². The van der Waals surface area contributed by atoms with Gasteiger partial charge in [0.25, 0.3) is 0 Å². The van der Waals surface area contributed by atoms with Gasteiger partial charge in [0.1, 0.15) is 0 Å². The van der Waals surface area contributed by atoms with Crippen LogP contribution < -0.4 is 5.73 Å². The molecule has 3 N–H and O–H groups in total. The second kappa shape index (κ2) is 7.53. The van der Waals surface area contributed by atoms with Crippen LogP contribution in [0.1, 0.15) is 31.4 Å². The summed E-state index contributed by atoms with van der Waals surface area (Å²) in [6, 6.07) is 9.05. The van der Waals surface area contributed by atoms with E-state index in [1.54, 1.807) is 0 Å². The van der Waals surface area contributed by atoms with Gasteiger partial charge in [0, 0.05) is 25.6 Å². The Labute approximate surface area is 113 Å².